The number of nitrogens with one attached hydrogen (secondary N) is 1. The van der Waals surface area contributed by atoms with Crippen LogP contribution in [-0.4, -0.2) is 25.5 Å². The van der Waals surface area contributed by atoms with Gasteiger partial charge < -0.3 is 10.2 Å². The van der Waals surface area contributed by atoms with Gasteiger partial charge in [0, 0.05) is 24.7 Å². The summed E-state index contributed by atoms with van der Waals surface area (Å²) in [4.78, 5) is 14.2. The molecular weight excluding hydrogens is 262 g/mol. The summed E-state index contributed by atoms with van der Waals surface area (Å²) in [6, 6.07) is 9.22. The third kappa shape index (κ3) is 3.62. The predicted octanol–water partition coefficient (Wildman–Crippen LogP) is 2.83. The average molecular weight is 285 g/mol. The Bertz CT molecular complexity index is 524. The van der Waals surface area contributed by atoms with Crippen molar-refractivity contribution in [2.24, 2.45) is 0 Å². The van der Waals surface area contributed by atoms with E-state index >= 15 is 0 Å². The molecule has 2 rings (SSSR count). The van der Waals surface area contributed by atoms with Gasteiger partial charge >= 0.3 is 0 Å². The molecule has 1 aromatic rings. The second kappa shape index (κ2) is 6.73. The molecule has 1 fully saturated rings. The molecule has 0 aliphatic heterocycles. The monoisotopic (exact) mass is 285 g/mol. The highest BCUT2D eigenvalue weighted by atomic mass is 16.2. The van der Waals surface area contributed by atoms with Gasteiger partial charge in [0.05, 0.1) is 11.6 Å². The highest BCUT2D eigenvalue weighted by Crippen LogP contribution is 2.31. The van der Waals surface area contributed by atoms with E-state index in [2.05, 4.69) is 11.4 Å². The van der Waals surface area contributed by atoms with E-state index in [1.165, 1.54) is 19.3 Å². The molecule has 0 radical (unpaired) electrons. The van der Waals surface area contributed by atoms with Gasteiger partial charge in [-0.1, -0.05) is 19.3 Å². The van der Waals surface area contributed by atoms with E-state index in [0.29, 0.717) is 12.0 Å². The number of carbonyl (C=O) groups is 1. The van der Waals surface area contributed by atoms with Crippen LogP contribution in [0, 0.1) is 11.3 Å². The van der Waals surface area contributed by atoms with Crippen LogP contribution in [0.5, 0.6) is 0 Å². The van der Waals surface area contributed by atoms with Gasteiger partial charge in [0.15, 0.2) is 0 Å². The summed E-state index contributed by atoms with van der Waals surface area (Å²) in [5.41, 5.74) is 1.40. The van der Waals surface area contributed by atoms with Crippen molar-refractivity contribution in [3.05, 3.63) is 29.8 Å². The SMILES string of the molecule is CNC1(CC(=O)N(C)c2ccc(C#N)cc2)CCCCC1. The first-order valence-electron chi connectivity index (χ1n) is 7.56. The molecule has 0 saturated heterocycles. The van der Waals surface area contributed by atoms with Crippen LogP contribution in [0.25, 0.3) is 0 Å². The maximum absolute atomic E-state index is 12.6. The molecule has 1 aliphatic carbocycles. The van der Waals surface area contributed by atoms with Crippen LogP contribution in [0.15, 0.2) is 24.3 Å². The topological polar surface area (TPSA) is 56.1 Å². The zero-order valence-electron chi connectivity index (χ0n) is 12.9. The third-order valence-corrected chi connectivity index (χ3v) is 4.59. The van der Waals surface area contributed by atoms with Gasteiger partial charge in [-0.25, -0.2) is 0 Å². The molecule has 0 atom stereocenters. The highest BCUT2D eigenvalue weighted by Gasteiger charge is 2.33. The first-order chi connectivity index (χ1) is 10.1. The van der Waals surface area contributed by atoms with E-state index in [4.69, 9.17) is 5.26 Å². The van der Waals surface area contributed by atoms with Crippen molar-refractivity contribution < 1.29 is 4.79 Å². The number of benzene rings is 1. The fraction of sp³-hybridized carbons (Fsp3) is 0.529. The Balaban J connectivity index is 2.06. The Hall–Kier alpha value is -1.86. The van der Waals surface area contributed by atoms with E-state index in [0.717, 1.165) is 18.5 Å². The summed E-state index contributed by atoms with van der Waals surface area (Å²) in [7, 11) is 3.76. The molecule has 1 saturated carbocycles. The van der Waals surface area contributed by atoms with Crippen molar-refractivity contribution >= 4 is 11.6 Å². The van der Waals surface area contributed by atoms with Crippen molar-refractivity contribution in [3.8, 4) is 6.07 Å². The van der Waals surface area contributed by atoms with Crippen LogP contribution >= 0.6 is 0 Å². The average Bonchev–Trinajstić information content (AvgIpc) is 2.55. The minimum Gasteiger partial charge on any atom is -0.315 e. The first-order valence-corrected chi connectivity index (χ1v) is 7.56. The molecule has 0 aromatic heterocycles. The lowest BCUT2D eigenvalue weighted by Crippen LogP contribution is -2.48. The largest absolute Gasteiger partial charge is 0.315 e. The Kier molecular flexibility index (Phi) is 4.98. The Labute approximate surface area is 126 Å². The number of rotatable bonds is 4. The van der Waals surface area contributed by atoms with Gasteiger partial charge in [0.1, 0.15) is 0 Å². The summed E-state index contributed by atoms with van der Waals surface area (Å²) in [6.07, 6.45) is 6.30. The predicted molar refractivity (Wildman–Crippen MR) is 84.1 cm³/mol. The lowest BCUT2D eigenvalue weighted by atomic mass is 9.79. The number of amides is 1. The maximum Gasteiger partial charge on any atom is 0.228 e. The summed E-state index contributed by atoms with van der Waals surface area (Å²) in [6.45, 7) is 0. The zero-order valence-corrected chi connectivity index (χ0v) is 12.9. The van der Waals surface area contributed by atoms with Crippen molar-refractivity contribution in [1.29, 1.82) is 5.26 Å². The molecule has 0 heterocycles. The Morgan fingerprint density at radius 1 is 1.29 bits per heavy atom. The van der Waals surface area contributed by atoms with Gasteiger partial charge in [-0.3, -0.25) is 4.79 Å². The number of carbonyl (C=O) groups excluding carboxylic acids is 1. The summed E-state index contributed by atoms with van der Waals surface area (Å²) in [5.74, 6) is 0.121. The second-order valence-electron chi connectivity index (χ2n) is 5.88. The van der Waals surface area contributed by atoms with Crippen molar-refractivity contribution in [3.63, 3.8) is 0 Å². The quantitative estimate of drug-likeness (QED) is 0.925. The number of anilines is 1. The standard InChI is InChI=1S/C17H23N3O/c1-19-17(10-4-3-5-11-17)12-16(21)20(2)15-8-6-14(13-18)7-9-15/h6-9,19H,3-5,10-12H2,1-2H3. The Morgan fingerprint density at radius 2 is 1.90 bits per heavy atom. The van der Waals surface area contributed by atoms with Gasteiger partial charge in [-0.2, -0.15) is 5.26 Å². The van der Waals surface area contributed by atoms with Crippen molar-refractivity contribution in [2.75, 3.05) is 19.0 Å². The van der Waals surface area contributed by atoms with Crippen LogP contribution in [0.2, 0.25) is 0 Å². The van der Waals surface area contributed by atoms with Gasteiger partial charge in [-0.15, -0.1) is 0 Å². The van der Waals surface area contributed by atoms with E-state index in [-0.39, 0.29) is 11.4 Å². The normalized spacial score (nSPS) is 17.0. The number of hydrogen-bond donors (Lipinski definition) is 1. The van der Waals surface area contributed by atoms with E-state index < -0.39 is 0 Å². The van der Waals surface area contributed by atoms with E-state index in [1.54, 1.807) is 24.1 Å². The molecule has 0 bridgehead atoms. The maximum atomic E-state index is 12.6. The second-order valence-corrected chi connectivity index (χ2v) is 5.88. The van der Waals surface area contributed by atoms with E-state index in [1.807, 2.05) is 19.2 Å². The molecule has 1 N–H and O–H groups in total. The molecule has 1 aromatic carbocycles. The minimum absolute atomic E-state index is 0.0454. The molecule has 1 amide bonds. The van der Waals surface area contributed by atoms with Gasteiger partial charge in [-0.05, 0) is 44.2 Å². The fourth-order valence-corrected chi connectivity index (χ4v) is 3.06. The van der Waals surface area contributed by atoms with Crippen LogP contribution in [0.3, 0.4) is 0 Å². The molecular formula is C17H23N3O. The van der Waals surface area contributed by atoms with E-state index in [9.17, 15) is 4.79 Å². The fourth-order valence-electron chi connectivity index (χ4n) is 3.06. The number of hydrogen-bond acceptors (Lipinski definition) is 3. The molecule has 0 unspecified atom stereocenters. The van der Waals surface area contributed by atoms with Crippen LogP contribution in [0.1, 0.15) is 44.1 Å². The third-order valence-electron chi connectivity index (χ3n) is 4.59. The zero-order chi connectivity index (χ0) is 15.3. The van der Waals surface area contributed by atoms with Gasteiger partial charge in [0.25, 0.3) is 0 Å². The van der Waals surface area contributed by atoms with Crippen molar-refractivity contribution in [1.82, 2.24) is 5.32 Å². The molecule has 21 heavy (non-hydrogen) atoms. The van der Waals surface area contributed by atoms with Gasteiger partial charge in [0.2, 0.25) is 5.91 Å². The minimum atomic E-state index is -0.0454. The van der Waals surface area contributed by atoms with Crippen LogP contribution < -0.4 is 10.2 Å². The van der Waals surface area contributed by atoms with Crippen molar-refractivity contribution in [2.45, 2.75) is 44.1 Å². The molecule has 4 nitrogen and oxygen atoms in total. The molecule has 0 spiro atoms. The highest BCUT2D eigenvalue weighted by molar-refractivity contribution is 5.93. The lowest BCUT2D eigenvalue weighted by Gasteiger charge is -2.37. The summed E-state index contributed by atoms with van der Waals surface area (Å²) >= 11 is 0. The summed E-state index contributed by atoms with van der Waals surface area (Å²) in [5, 5.41) is 12.2. The van der Waals surface area contributed by atoms with Crippen LogP contribution in [-0.2, 0) is 4.79 Å². The number of nitriles is 1. The summed E-state index contributed by atoms with van der Waals surface area (Å²) < 4.78 is 0. The molecule has 112 valence electrons. The first kappa shape index (κ1) is 15.5. The molecule has 1 aliphatic rings. The smallest absolute Gasteiger partial charge is 0.228 e. The molecule has 4 heteroatoms. The Morgan fingerprint density at radius 3 is 2.43 bits per heavy atom. The lowest BCUT2D eigenvalue weighted by molar-refractivity contribution is -0.120. The number of nitrogens with zero attached hydrogens (tertiary/aromatic N) is 2. The van der Waals surface area contributed by atoms with Crippen LogP contribution in [0.4, 0.5) is 5.69 Å².